The molecule has 1 aromatic rings. The fraction of sp³-hybridized carbons (Fsp3) is 0.619. The van der Waals surface area contributed by atoms with Crippen LogP contribution in [0.2, 0.25) is 0 Å². The van der Waals surface area contributed by atoms with Crippen molar-refractivity contribution >= 4 is 5.78 Å². The Morgan fingerprint density at radius 2 is 1.88 bits per heavy atom. The largest absolute Gasteiger partial charge is 0.493 e. The quantitative estimate of drug-likeness (QED) is 0.727. The Morgan fingerprint density at radius 3 is 2.50 bits per heavy atom. The van der Waals surface area contributed by atoms with E-state index in [1.54, 1.807) is 14.2 Å². The molecule has 3 aliphatic rings. The van der Waals surface area contributed by atoms with Gasteiger partial charge in [-0.15, -0.1) is 0 Å². The molecule has 0 spiro atoms. The van der Waals surface area contributed by atoms with E-state index < -0.39 is 0 Å². The number of methoxy groups -OCH3 is 2. The number of benzene rings is 1. The third kappa shape index (κ3) is 3.30. The first-order valence-corrected chi connectivity index (χ1v) is 9.07. The summed E-state index contributed by atoms with van der Waals surface area (Å²) in [6, 6.07) is 4.86. The topological polar surface area (TPSA) is 38.8 Å². The summed E-state index contributed by atoms with van der Waals surface area (Å²) in [5.74, 6) is 2.76. The standard InChI is InChI=1S/C20H27NO3.CH3.Cr/c1-21-9-8-20(7-6-15(22)12-18(20)21)14-10-16(13-4-5-13)19(24-3)17(11-14)23-2;;/h10-11,13,18H,4-9,12H2,1-3H3;1H3;/q;-1;. The second kappa shape index (κ2) is 7.92. The van der Waals surface area contributed by atoms with Gasteiger partial charge in [-0.3, -0.25) is 4.79 Å². The molecule has 0 radical (unpaired) electrons. The van der Waals surface area contributed by atoms with Crippen LogP contribution in [-0.2, 0) is 27.6 Å². The summed E-state index contributed by atoms with van der Waals surface area (Å²) in [6.45, 7) is 1.06. The third-order valence-corrected chi connectivity index (χ3v) is 6.45. The number of nitrogens with zero attached hydrogens (tertiary/aromatic N) is 1. The van der Waals surface area contributed by atoms with Crippen LogP contribution in [0.3, 0.4) is 0 Å². The number of fused-ring (bicyclic) bond motifs is 1. The third-order valence-electron chi connectivity index (χ3n) is 6.45. The molecule has 144 valence electrons. The maximum Gasteiger partial charge on any atom is 0.164 e. The smallest absolute Gasteiger partial charge is 0.164 e. The summed E-state index contributed by atoms with van der Waals surface area (Å²) < 4.78 is 11.3. The van der Waals surface area contributed by atoms with Gasteiger partial charge in [-0.25, -0.2) is 0 Å². The summed E-state index contributed by atoms with van der Waals surface area (Å²) in [6.07, 6.45) is 5.94. The summed E-state index contributed by atoms with van der Waals surface area (Å²) >= 11 is 0. The molecule has 0 amide bonds. The van der Waals surface area contributed by atoms with Crippen molar-refractivity contribution in [2.45, 2.75) is 55.9 Å². The molecule has 0 aromatic heterocycles. The molecule has 5 heteroatoms. The normalized spacial score (nSPS) is 28.0. The Labute approximate surface area is 168 Å². The van der Waals surface area contributed by atoms with E-state index in [0.29, 0.717) is 30.6 Å². The van der Waals surface area contributed by atoms with Crippen molar-refractivity contribution < 1.29 is 31.6 Å². The van der Waals surface area contributed by atoms with Crippen LogP contribution in [-0.4, -0.2) is 44.5 Å². The molecule has 0 N–H and O–H groups in total. The van der Waals surface area contributed by atoms with E-state index >= 15 is 0 Å². The summed E-state index contributed by atoms with van der Waals surface area (Å²) in [5, 5.41) is 0. The second-order valence-electron chi connectivity index (χ2n) is 7.72. The first-order chi connectivity index (χ1) is 11.6. The number of likely N-dealkylation sites (N-methyl/N-ethyl adjacent to an activating group) is 1. The van der Waals surface area contributed by atoms with Crippen LogP contribution in [0.5, 0.6) is 11.5 Å². The van der Waals surface area contributed by atoms with E-state index in [-0.39, 0.29) is 30.2 Å². The molecule has 1 saturated heterocycles. The van der Waals surface area contributed by atoms with Crippen molar-refractivity contribution in [1.82, 2.24) is 4.90 Å². The number of carbonyl (C=O) groups is 1. The fourth-order valence-corrected chi connectivity index (χ4v) is 4.90. The number of Topliss-reactive ketones (excluding diaryl/α,β-unsaturated/α-hetero) is 1. The molecule has 2 aliphatic carbocycles. The number of ether oxygens (including phenoxy) is 2. The molecule has 2 unspecified atom stereocenters. The van der Waals surface area contributed by atoms with Gasteiger partial charge in [0.1, 0.15) is 5.78 Å². The van der Waals surface area contributed by atoms with Gasteiger partial charge in [0.25, 0.3) is 0 Å². The van der Waals surface area contributed by atoms with Crippen LogP contribution in [0.25, 0.3) is 0 Å². The van der Waals surface area contributed by atoms with Crippen molar-refractivity contribution in [1.29, 1.82) is 0 Å². The molecule has 4 rings (SSSR count). The number of carbonyl (C=O) groups excluding carboxylic acids is 1. The van der Waals surface area contributed by atoms with Crippen molar-refractivity contribution in [3.8, 4) is 11.5 Å². The molecule has 2 atom stereocenters. The number of hydrogen-bond donors (Lipinski definition) is 0. The number of ketones is 1. The fourth-order valence-electron chi connectivity index (χ4n) is 4.90. The van der Waals surface area contributed by atoms with Crippen LogP contribution in [0.4, 0.5) is 0 Å². The summed E-state index contributed by atoms with van der Waals surface area (Å²) in [7, 11) is 5.61. The molecule has 4 nitrogen and oxygen atoms in total. The number of rotatable bonds is 4. The van der Waals surface area contributed by atoms with Gasteiger partial charge in [0.15, 0.2) is 11.5 Å². The minimum atomic E-state index is 0. The van der Waals surface area contributed by atoms with Crippen molar-refractivity contribution in [2.75, 3.05) is 27.8 Å². The van der Waals surface area contributed by atoms with Gasteiger partial charge < -0.3 is 21.8 Å². The van der Waals surface area contributed by atoms with Gasteiger partial charge in [0.2, 0.25) is 0 Å². The van der Waals surface area contributed by atoms with Gasteiger partial charge in [0, 0.05) is 47.2 Å². The molecular formula is C21H30CrNO3-. The Kier molecular flexibility index (Phi) is 6.49. The van der Waals surface area contributed by atoms with Crippen LogP contribution in [0, 0.1) is 7.43 Å². The van der Waals surface area contributed by atoms with E-state index in [0.717, 1.165) is 30.9 Å². The van der Waals surface area contributed by atoms with Gasteiger partial charge in [-0.2, -0.15) is 0 Å². The van der Waals surface area contributed by atoms with E-state index in [2.05, 4.69) is 24.1 Å². The molecule has 26 heavy (non-hydrogen) atoms. The van der Waals surface area contributed by atoms with E-state index in [9.17, 15) is 4.79 Å². The SMILES string of the molecule is COc1cc(C23CCC(=O)CC2N(C)CC3)cc(C2CC2)c1OC.[CH3-].[Cr]. The first-order valence-electron chi connectivity index (χ1n) is 9.07. The summed E-state index contributed by atoms with van der Waals surface area (Å²) in [4.78, 5) is 14.4. The van der Waals surface area contributed by atoms with E-state index in [1.165, 1.54) is 24.0 Å². The Morgan fingerprint density at radius 1 is 1.15 bits per heavy atom. The zero-order chi connectivity index (χ0) is 16.9. The molecule has 3 fully saturated rings. The monoisotopic (exact) mass is 396 g/mol. The molecule has 1 aromatic carbocycles. The number of likely N-dealkylation sites (tertiary alicyclic amines) is 1. The molecular weight excluding hydrogens is 366 g/mol. The maximum atomic E-state index is 12.1. The molecule has 1 aliphatic heterocycles. The van der Waals surface area contributed by atoms with E-state index in [4.69, 9.17) is 9.47 Å². The van der Waals surface area contributed by atoms with E-state index in [1.807, 2.05) is 0 Å². The van der Waals surface area contributed by atoms with Gasteiger partial charge in [0.05, 0.1) is 14.2 Å². The minimum absolute atomic E-state index is 0. The average Bonchev–Trinajstić information content (AvgIpc) is 3.39. The zero-order valence-electron chi connectivity index (χ0n) is 16.3. The van der Waals surface area contributed by atoms with Gasteiger partial charge in [-0.05, 0) is 56.8 Å². The van der Waals surface area contributed by atoms with Crippen molar-refractivity contribution in [2.24, 2.45) is 0 Å². The van der Waals surface area contributed by atoms with Crippen LogP contribution < -0.4 is 9.47 Å². The molecule has 0 bridgehead atoms. The summed E-state index contributed by atoms with van der Waals surface area (Å²) in [5.41, 5.74) is 2.74. The number of hydrogen-bond acceptors (Lipinski definition) is 4. The Hall–Kier alpha value is -1.02. The van der Waals surface area contributed by atoms with Crippen LogP contribution in [0.1, 0.15) is 55.6 Å². The zero-order valence-corrected chi connectivity index (χ0v) is 17.6. The van der Waals surface area contributed by atoms with Crippen LogP contribution >= 0.6 is 0 Å². The average molecular weight is 396 g/mol. The predicted molar refractivity (Wildman–Crippen MR) is 99.5 cm³/mol. The first kappa shape index (κ1) is 21.3. The molecule has 1 heterocycles. The predicted octanol–water partition coefficient (Wildman–Crippen LogP) is 3.72. The Bertz CT molecular complexity index is 673. The van der Waals surface area contributed by atoms with Crippen molar-refractivity contribution in [3.63, 3.8) is 0 Å². The van der Waals surface area contributed by atoms with Gasteiger partial charge in [-0.1, -0.05) is 6.07 Å². The van der Waals surface area contributed by atoms with Crippen molar-refractivity contribution in [3.05, 3.63) is 30.7 Å². The Balaban J connectivity index is 0.00000121. The molecule has 2 saturated carbocycles. The minimum Gasteiger partial charge on any atom is -0.493 e. The second-order valence-corrected chi connectivity index (χ2v) is 7.72. The van der Waals surface area contributed by atoms with Gasteiger partial charge >= 0.3 is 0 Å². The van der Waals surface area contributed by atoms with Crippen LogP contribution in [0.15, 0.2) is 12.1 Å². The maximum absolute atomic E-state index is 12.1.